The van der Waals surface area contributed by atoms with Crippen molar-refractivity contribution in [2.75, 3.05) is 19.6 Å². The maximum atomic E-state index is 10.5. The zero-order valence-electron chi connectivity index (χ0n) is 11.3. The van der Waals surface area contributed by atoms with Gasteiger partial charge in [-0.1, -0.05) is 24.6 Å². The number of hydrogen-bond acceptors (Lipinski definition) is 4. The van der Waals surface area contributed by atoms with E-state index in [9.17, 15) is 8.42 Å². The molecule has 1 heterocycles. The van der Waals surface area contributed by atoms with Crippen molar-refractivity contribution in [2.45, 2.75) is 25.2 Å². The van der Waals surface area contributed by atoms with Crippen LogP contribution >= 0.6 is 0 Å². The molecule has 0 fully saturated rings. The first-order valence-electron chi connectivity index (χ1n) is 6.21. The lowest BCUT2D eigenvalue weighted by Gasteiger charge is -2.10. The predicted octanol–water partition coefficient (Wildman–Crippen LogP) is 1.98. The van der Waals surface area contributed by atoms with Gasteiger partial charge in [-0.05, 0) is 25.5 Å². The van der Waals surface area contributed by atoms with E-state index < -0.39 is 10.1 Å². The second kappa shape index (κ2) is 7.25. The van der Waals surface area contributed by atoms with Crippen LogP contribution < -0.4 is 0 Å². The molecule has 0 radical (unpaired) electrons. The molecule has 106 valence electrons. The maximum absolute atomic E-state index is 10.5. The lowest BCUT2D eigenvalue weighted by Crippen LogP contribution is -2.19. The largest absolute Gasteiger partial charge is 0.361 e. The van der Waals surface area contributed by atoms with Crippen LogP contribution in [0.3, 0.4) is 0 Å². The molecule has 0 saturated heterocycles. The average molecular weight is 284 g/mol. The fourth-order valence-corrected chi connectivity index (χ4v) is 2.06. The Morgan fingerprint density at radius 2 is 1.95 bits per heavy atom. The Labute approximate surface area is 114 Å². The van der Waals surface area contributed by atoms with E-state index >= 15 is 0 Å². The minimum Gasteiger partial charge on any atom is -0.361 e. The van der Waals surface area contributed by atoms with Gasteiger partial charge >= 0.3 is 0 Å². The summed E-state index contributed by atoms with van der Waals surface area (Å²) < 4.78 is 29.6. The van der Waals surface area contributed by atoms with Crippen LogP contribution in [0.5, 0.6) is 0 Å². The quantitative estimate of drug-likeness (QED) is 0.862. The smallest absolute Gasteiger partial charge is 0.294 e. The predicted molar refractivity (Wildman–Crippen MR) is 76.2 cm³/mol. The van der Waals surface area contributed by atoms with Gasteiger partial charge in [0.05, 0.1) is 17.8 Å². The third-order valence-electron chi connectivity index (χ3n) is 2.59. The van der Waals surface area contributed by atoms with Crippen molar-refractivity contribution in [3.63, 3.8) is 0 Å². The number of hydrogen-bond donors (Lipinski definition) is 1. The minimum atomic E-state index is -4.02. The van der Waals surface area contributed by atoms with E-state index in [2.05, 4.69) is 16.8 Å². The number of rotatable bonds is 3. The normalized spacial score (nSPS) is 14.2. The summed E-state index contributed by atoms with van der Waals surface area (Å²) in [5.74, 6) is 0. The van der Waals surface area contributed by atoms with Crippen molar-refractivity contribution < 1.29 is 13.0 Å². The van der Waals surface area contributed by atoms with Gasteiger partial charge in [0, 0.05) is 13.1 Å². The Morgan fingerprint density at radius 3 is 2.37 bits per heavy atom. The number of aryl methyl sites for hydroxylation is 1. The first kappa shape index (κ1) is 15.7. The number of aliphatic imine (C=N–C) groups is 1. The summed E-state index contributed by atoms with van der Waals surface area (Å²) in [7, 11) is -4.02. The van der Waals surface area contributed by atoms with Crippen LogP contribution in [0, 0.1) is 6.92 Å². The highest BCUT2D eigenvalue weighted by molar-refractivity contribution is 7.85. The Bertz CT molecular complexity index is 509. The molecule has 0 atom stereocenters. The van der Waals surface area contributed by atoms with E-state index in [1.807, 2.05) is 13.3 Å². The molecule has 1 aliphatic rings. The standard InChI is InChI=1S/C7H8O3S.C6H12N2/c1-6-2-4-7(5-3-6)11(8,9)10;1-2-4-8-5-3-7-6-8/h2-5H,1H3,(H,8,9,10);6H,2-5H2,1H3. The van der Waals surface area contributed by atoms with Crippen LogP contribution in [0.15, 0.2) is 34.2 Å². The van der Waals surface area contributed by atoms with Gasteiger partial charge in [-0.2, -0.15) is 8.42 Å². The third kappa shape index (κ3) is 5.85. The van der Waals surface area contributed by atoms with E-state index in [1.54, 1.807) is 12.1 Å². The van der Waals surface area contributed by atoms with Crippen LogP contribution in [-0.4, -0.2) is 43.8 Å². The maximum Gasteiger partial charge on any atom is 0.294 e. The first-order chi connectivity index (χ1) is 8.93. The van der Waals surface area contributed by atoms with E-state index in [1.165, 1.54) is 25.1 Å². The summed E-state index contributed by atoms with van der Waals surface area (Å²) in [6.45, 7) is 7.33. The summed E-state index contributed by atoms with van der Waals surface area (Å²) in [5, 5.41) is 0. The summed E-state index contributed by atoms with van der Waals surface area (Å²) >= 11 is 0. The Balaban J connectivity index is 0.000000200. The number of benzene rings is 1. The zero-order chi connectivity index (χ0) is 14.3. The molecule has 2 rings (SSSR count). The lowest BCUT2D eigenvalue weighted by molar-refractivity contribution is 0.466. The molecule has 0 unspecified atom stereocenters. The molecule has 5 nitrogen and oxygen atoms in total. The van der Waals surface area contributed by atoms with Crippen molar-refractivity contribution >= 4 is 16.5 Å². The zero-order valence-corrected chi connectivity index (χ0v) is 12.1. The molecule has 1 aromatic rings. The van der Waals surface area contributed by atoms with Crippen LogP contribution in [0.2, 0.25) is 0 Å². The summed E-state index contributed by atoms with van der Waals surface area (Å²) in [4.78, 5) is 6.27. The molecular formula is C13H20N2O3S. The van der Waals surface area contributed by atoms with Crippen LogP contribution in [0.4, 0.5) is 0 Å². The van der Waals surface area contributed by atoms with Crippen molar-refractivity contribution in [1.29, 1.82) is 0 Å². The molecule has 1 N–H and O–H groups in total. The van der Waals surface area contributed by atoms with Gasteiger partial charge in [0.15, 0.2) is 0 Å². The van der Waals surface area contributed by atoms with Crippen molar-refractivity contribution in [3.8, 4) is 0 Å². The molecule has 19 heavy (non-hydrogen) atoms. The molecule has 6 heteroatoms. The van der Waals surface area contributed by atoms with Crippen molar-refractivity contribution in [1.82, 2.24) is 4.90 Å². The van der Waals surface area contributed by atoms with Gasteiger partial charge in [-0.3, -0.25) is 9.55 Å². The third-order valence-corrected chi connectivity index (χ3v) is 3.46. The van der Waals surface area contributed by atoms with Crippen LogP contribution in [-0.2, 0) is 10.1 Å². The SMILES string of the molecule is CCCN1C=NCC1.Cc1ccc(S(=O)(=O)O)cc1. The second-order valence-electron chi connectivity index (χ2n) is 4.35. The summed E-state index contributed by atoms with van der Waals surface area (Å²) in [5.41, 5.74) is 0.956. The fourth-order valence-electron chi connectivity index (χ4n) is 1.58. The van der Waals surface area contributed by atoms with E-state index in [0.717, 1.165) is 18.7 Å². The molecule has 0 aliphatic carbocycles. The molecule has 0 bridgehead atoms. The molecule has 0 amide bonds. The Morgan fingerprint density at radius 1 is 1.32 bits per heavy atom. The fraction of sp³-hybridized carbons (Fsp3) is 0.462. The molecule has 1 aromatic carbocycles. The minimum absolute atomic E-state index is 0.0666. The van der Waals surface area contributed by atoms with E-state index in [4.69, 9.17) is 4.55 Å². The molecule has 0 aromatic heterocycles. The lowest BCUT2D eigenvalue weighted by atomic mass is 10.2. The molecule has 0 saturated carbocycles. The first-order valence-corrected chi connectivity index (χ1v) is 7.65. The van der Waals surface area contributed by atoms with Crippen molar-refractivity contribution in [3.05, 3.63) is 29.8 Å². The summed E-state index contributed by atoms with van der Waals surface area (Å²) in [6.07, 6.45) is 3.18. The highest BCUT2D eigenvalue weighted by Crippen LogP contribution is 2.08. The van der Waals surface area contributed by atoms with Gasteiger partial charge in [-0.15, -0.1) is 0 Å². The highest BCUT2D eigenvalue weighted by atomic mass is 32.2. The molecule has 1 aliphatic heterocycles. The summed E-state index contributed by atoms with van der Waals surface area (Å²) in [6, 6.07) is 5.99. The monoisotopic (exact) mass is 284 g/mol. The highest BCUT2D eigenvalue weighted by Gasteiger charge is 2.06. The second-order valence-corrected chi connectivity index (χ2v) is 5.77. The van der Waals surface area contributed by atoms with Crippen molar-refractivity contribution in [2.24, 2.45) is 4.99 Å². The van der Waals surface area contributed by atoms with E-state index in [-0.39, 0.29) is 4.90 Å². The van der Waals surface area contributed by atoms with Gasteiger partial charge < -0.3 is 4.90 Å². The molecular weight excluding hydrogens is 264 g/mol. The average Bonchev–Trinajstić information content (AvgIpc) is 2.83. The van der Waals surface area contributed by atoms with Gasteiger partial charge in [0.25, 0.3) is 10.1 Å². The van der Waals surface area contributed by atoms with Crippen LogP contribution in [0.25, 0.3) is 0 Å². The van der Waals surface area contributed by atoms with Gasteiger partial charge in [-0.25, -0.2) is 0 Å². The number of nitrogens with zero attached hydrogens (tertiary/aromatic N) is 2. The van der Waals surface area contributed by atoms with Gasteiger partial charge in [0.2, 0.25) is 0 Å². The topological polar surface area (TPSA) is 70.0 Å². The van der Waals surface area contributed by atoms with E-state index in [0.29, 0.717) is 0 Å². The molecule has 0 spiro atoms. The van der Waals surface area contributed by atoms with Gasteiger partial charge in [0.1, 0.15) is 0 Å². The van der Waals surface area contributed by atoms with Crippen LogP contribution in [0.1, 0.15) is 18.9 Å². The Hall–Kier alpha value is -1.40. The Kier molecular flexibility index (Phi) is 5.98.